The van der Waals surface area contributed by atoms with Crippen LogP contribution in [0.3, 0.4) is 0 Å². The van der Waals surface area contributed by atoms with E-state index >= 15 is 0 Å². The number of rotatable bonds is 7. The van der Waals surface area contributed by atoms with Crippen molar-refractivity contribution in [2.45, 2.75) is 24.5 Å². The number of aromatic nitrogens is 2. The number of carbonyl (C=O) groups is 1. The maximum absolute atomic E-state index is 12.9. The standard InChI is InChI=1S/C22H24N4O4S2/c1-30-19-11-9-18(10-12-19)23-20(27)22-25-24-21(31-22)17-8-5-13-26(14-17)32(28,29)15-16-6-3-2-4-7-16/h2-4,6-7,9-12,17H,5,8,13-15H2,1H3,(H,23,27)/t17-/m1/s1. The second-order valence-electron chi connectivity index (χ2n) is 7.57. The minimum Gasteiger partial charge on any atom is -0.497 e. The van der Waals surface area contributed by atoms with Crippen LogP contribution in [0.25, 0.3) is 0 Å². The van der Waals surface area contributed by atoms with Crippen LogP contribution in [0.4, 0.5) is 5.69 Å². The summed E-state index contributed by atoms with van der Waals surface area (Å²) in [5, 5.41) is 12.0. The summed E-state index contributed by atoms with van der Waals surface area (Å²) in [5.41, 5.74) is 1.39. The van der Waals surface area contributed by atoms with Crippen LogP contribution in [0.5, 0.6) is 5.75 Å². The van der Waals surface area contributed by atoms with Crippen LogP contribution in [-0.2, 0) is 15.8 Å². The molecule has 32 heavy (non-hydrogen) atoms. The highest BCUT2D eigenvalue weighted by atomic mass is 32.2. The SMILES string of the molecule is COc1ccc(NC(=O)c2nnc([C@@H]3CCCN(S(=O)(=O)Cc4ccccc4)C3)s2)cc1. The van der Waals surface area contributed by atoms with Gasteiger partial charge in [-0.05, 0) is 42.7 Å². The molecule has 10 heteroatoms. The van der Waals surface area contributed by atoms with Crippen molar-refractivity contribution in [1.29, 1.82) is 0 Å². The van der Waals surface area contributed by atoms with Gasteiger partial charge in [-0.2, -0.15) is 0 Å². The van der Waals surface area contributed by atoms with Gasteiger partial charge in [-0.3, -0.25) is 4.79 Å². The first-order valence-corrected chi connectivity index (χ1v) is 12.7. The van der Waals surface area contributed by atoms with E-state index < -0.39 is 10.0 Å². The lowest BCUT2D eigenvalue weighted by Crippen LogP contribution is -2.39. The highest BCUT2D eigenvalue weighted by Crippen LogP contribution is 2.31. The van der Waals surface area contributed by atoms with Crippen LogP contribution in [0.1, 0.15) is 39.1 Å². The molecular formula is C22H24N4O4S2. The van der Waals surface area contributed by atoms with Crippen molar-refractivity contribution in [3.63, 3.8) is 0 Å². The molecule has 0 saturated carbocycles. The maximum Gasteiger partial charge on any atom is 0.286 e. The zero-order valence-corrected chi connectivity index (χ0v) is 19.2. The highest BCUT2D eigenvalue weighted by Gasteiger charge is 2.32. The molecule has 1 saturated heterocycles. The molecule has 0 aliphatic carbocycles. The Balaban J connectivity index is 1.41. The normalized spacial score (nSPS) is 17.1. The smallest absolute Gasteiger partial charge is 0.286 e. The van der Waals surface area contributed by atoms with Gasteiger partial charge < -0.3 is 10.1 Å². The number of sulfonamides is 1. The number of carbonyl (C=O) groups excluding carboxylic acids is 1. The zero-order chi connectivity index (χ0) is 22.6. The van der Waals surface area contributed by atoms with Gasteiger partial charge in [0.25, 0.3) is 5.91 Å². The average Bonchev–Trinajstić information content (AvgIpc) is 3.31. The molecule has 0 spiro atoms. The van der Waals surface area contributed by atoms with Gasteiger partial charge in [0.2, 0.25) is 15.0 Å². The quantitative estimate of drug-likeness (QED) is 0.565. The van der Waals surface area contributed by atoms with E-state index in [-0.39, 0.29) is 22.6 Å². The molecule has 0 radical (unpaired) electrons. The van der Waals surface area contributed by atoms with E-state index in [0.29, 0.717) is 29.5 Å². The van der Waals surface area contributed by atoms with Crippen molar-refractivity contribution in [3.8, 4) is 5.75 Å². The Hall–Kier alpha value is -2.82. The molecule has 1 aliphatic heterocycles. The topological polar surface area (TPSA) is 101 Å². The fourth-order valence-electron chi connectivity index (χ4n) is 3.62. The van der Waals surface area contributed by atoms with Gasteiger partial charge in [-0.15, -0.1) is 10.2 Å². The van der Waals surface area contributed by atoms with E-state index in [1.54, 1.807) is 31.4 Å². The van der Waals surface area contributed by atoms with Gasteiger partial charge in [-0.1, -0.05) is 41.7 Å². The number of benzene rings is 2. The third-order valence-electron chi connectivity index (χ3n) is 5.30. The Kier molecular flexibility index (Phi) is 6.83. The van der Waals surface area contributed by atoms with Gasteiger partial charge >= 0.3 is 0 Å². The number of piperidine rings is 1. The van der Waals surface area contributed by atoms with E-state index in [0.717, 1.165) is 18.4 Å². The Morgan fingerprint density at radius 1 is 1.16 bits per heavy atom. The summed E-state index contributed by atoms with van der Waals surface area (Å²) in [6, 6.07) is 16.2. The lowest BCUT2D eigenvalue weighted by atomic mass is 10.0. The number of anilines is 1. The first-order chi connectivity index (χ1) is 15.4. The highest BCUT2D eigenvalue weighted by molar-refractivity contribution is 7.88. The van der Waals surface area contributed by atoms with Gasteiger partial charge in [0.15, 0.2) is 0 Å². The largest absolute Gasteiger partial charge is 0.497 e. The predicted octanol–water partition coefficient (Wildman–Crippen LogP) is 3.51. The second kappa shape index (κ2) is 9.76. The molecule has 1 aromatic heterocycles. The van der Waals surface area contributed by atoms with Crippen LogP contribution in [0, 0.1) is 0 Å². The summed E-state index contributed by atoms with van der Waals surface area (Å²) < 4.78 is 32.5. The van der Waals surface area contributed by atoms with Crippen LogP contribution < -0.4 is 10.1 Å². The fourth-order valence-corrected chi connectivity index (χ4v) is 6.10. The molecule has 1 amide bonds. The Bertz CT molecular complexity index is 1160. The lowest BCUT2D eigenvalue weighted by Gasteiger charge is -2.30. The summed E-state index contributed by atoms with van der Waals surface area (Å²) in [7, 11) is -1.85. The molecule has 0 bridgehead atoms. The summed E-state index contributed by atoms with van der Waals surface area (Å²) in [5.74, 6) is 0.259. The number of nitrogens with zero attached hydrogens (tertiary/aromatic N) is 3. The molecule has 8 nitrogen and oxygen atoms in total. The Morgan fingerprint density at radius 3 is 2.62 bits per heavy atom. The molecular weight excluding hydrogens is 448 g/mol. The van der Waals surface area contributed by atoms with E-state index in [1.807, 2.05) is 30.3 Å². The first-order valence-electron chi connectivity index (χ1n) is 10.2. The van der Waals surface area contributed by atoms with E-state index in [9.17, 15) is 13.2 Å². The number of ether oxygens (including phenoxy) is 1. The molecule has 168 valence electrons. The summed E-state index contributed by atoms with van der Waals surface area (Å²) in [6.45, 7) is 0.846. The number of hydrogen-bond donors (Lipinski definition) is 1. The van der Waals surface area contributed by atoms with Gasteiger partial charge in [-0.25, -0.2) is 12.7 Å². The van der Waals surface area contributed by atoms with Crippen molar-refractivity contribution >= 4 is 33.0 Å². The predicted molar refractivity (Wildman–Crippen MR) is 123 cm³/mol. The monoisotopic (exact) mass is 472 g/mol. The first kappa shape index (κ1) is 22.4. The summed E-state index contributed by atoms with van der Waals surface area (Å²) in [6.07, 6.45) is 1.55. The van der Waals surface area contributed by atoms with Crippen LogP contribution in [0.15, 0.2) is 54.6 Å². The summed E-state index contributed by atoms with van der Waals surface area (Å²) in [4.78, 5) is 12.6. The molecule has 2 aromatic carbocycles. The molecule has 1 aliphatic rings. The molecule has 2 heterocycles. The molecule has 1 fully saturated rings. The summed E-state index contributed by atoms with van der Waals surface area (Å²) >= 11 is 1.21. The van der Waals surface area contributed by atoms with Crippen molar-refractivity contribution in [2.24, 2.45) is 0 Å². The van der Waals surface area contributed by atoms with E-state index in [1.165, 1.54) is 15.6 Å². The number of amides is 1. The molecule has 4 rings (SSSR count). The molecule has 1 N–H and O–H groups in total. The minimum absolute atomic E-state index is 0.0216. The number of methoxy groups -OCH3 is 1. The lowest BCUT2D eigenvalue weighted by molar-refractivity contribution is 0.102. The molecule has 3 aromatic rings. The molecule has 0 unspecified atom stereocenters. The zero-order valence-electron chi connectivity index (χ0n) is 17.6. The van der Waals surface area contributed by atoms with Crippen molar-refractivity contribution in [3.05, 3.63) is 70.2 Å². The second-order valence-corrected chi connectivity index (χ2v) is 10.5. The van der Waals surface area contributed by atoms with E-state index in [4.69, 9.17) is 4.74 Å². The van der Waals surface area contributed by atoms with Crippen molar-refractivity contribution in [2.75, 3.05) is 25.5 Å². The Morgan fingerprint density at radius 2 is 1.91 bits per heavy atom. The maximum atomic E-state index is 12.9. The van der Waals surface area contributed by atoms with Crippen LogP contribution in [0.2, 0.25) is 0 Å². The average molecular weight is 473 g/mol. The van der Waals surface area contributed by atoms with Crippen molar-refractivity contribution in [1.82, 2.24) is 14.5 Å². The van der Waals surface area contributed by atoms with Crippen LogP contribution in [-0.4, -0.2) is 49.0 Å². The molecule has 1 atom stereocenters. The van der Waals surface area contributed by atoms with Crippen LogP contribution >= 0.6 is 11.3 Å². The van der Waals surface area contributed by atoms with Gasteiger partial charge in [0.05, 0.1) is 12.9 Å². The van der Waals surface area contributed by atoms with Gasteiger partial charge in [0.1, 0.15) is 10.8 Å². The fraction of sp³-hybridized carbons (Fsp3) is 0.318. The third kappa shape index (κ3) is 5.32. The van der Waals surface area contributed by atoms with Gasteiger partial charge in [0, 0.05) is 24.7 Å². The van der Waals surface area contributed by atoms with Crippen molar-refractivity contribution < 1.29 is 17.9 Å². The van der Waals surface area contributed by atoms with E-state index in [2.05, 4.69) is 15.5 Å². The number of nitrogens with one attached hydrogen (secondary N) is 1. The number of hydrogen-bond acceptors (Lipinski definition) is 7. The minimum atomic E-state index is -3.43. The Labute approximate surface area is 191 Å². The third-order valence-corrected chi connectivity index (χ3v) is 8.20.